The Hall–Kier alpha value is -7.18. The van der Waals surface area contributed by atoms with Gasteiger partial charge in [-0.1, -0.05) is 84.9 Å². The molecule has 0 bridgehead atoms. The highest BCUT2D eigenvalue weighted by molar-refractivity contribution is 6.12. The van der Waals surface area contributed by atoms with Crippen LogP contribution in [0.1, 0.15) is 22.3 Å². The molecule has 1 spiro atoms. The first kappa shape index (κ1) is 28.5. The lowest BCUT2D eigenvalue weighted by Crippen LogP contribution is -2.36. The molecule has 248 valence electrons. The molecule has 0 unspecified atom stereocenters. The maximum Gasteiger partial charge on any atom is 0.227 e. The summed E-state index contributed by atoms with van der Waals surface area (Å²) in [5.74, 6) is 3.19. The van der Waals surface area contributed by atoms with Crippen LogP contribution in [-0.4, -0.2) is 9.97 Å². The molecule has 0 saturated carbocycles. The largest absolute Gasteiger partial charge is 0.457 e. The fourth-order valence-electron chi connectivity index (χ4n) is 8.81. The number of rotatable bonds is 2. The Morgan fingerprint density at radius 1 is 0.396 bits per heavy atom. The van der Waals surface area contributed by atoms with E-state index in [1.807, 2.05) is 48.5 Å². The highest BCUT2D eigenvalue weighted by Gasteiger charge is 2.50. The number of pyridine rings is 2. The van der Waals surface area contributed by atoms with E-state index in [-0.39, 0.29) is 0 Å². The molecule has 0 saturated heterocycles. The summed E-state index contributed by atoms with van der Waals surface area (Å²) in [6, 6.07) is 50.3. The van der Waals surface area contributed by atoms with Crippen molar-refractivity contribution >= 4 is 44.1 Å². The van der Waals surface area contributed by atoms with Gasteiger partial charge in [-0.05, 0) is 82.9 Å². The second-order valence-electron chi connectivity index (χ2n) is 13.6. The van der Waals surface area contributed by atoms with Gasteiger partial charge in [0.2, 0.25) is 11.4 Å². The monoisotopic (exact) mass is 682 g/mol. The molecule has 0 radical (unpaired) electrons. The topological polar surface area (TPSA) is 70.5 Å². The Balaban J connectivity index is 1.11. The van der Waals surface area contributed by atoms with Crippen LogP contribution in [0.25, 0.3) is 66.4 Å². The molecule has 0 aliphatic carbocycles. The van der Waals surface area contributed by atoms with Gasteiger partial charge in [-0.2, -0.15) is 0 Å². The number of ether oxygens (including phenoxy) is 2. The van der Waals surface area contributed by atoms with Gasteiger partial charge in [0.05, 0.1) is 5.41 Å². The Bertz CT molecular complexity index is 2940. The molecule has 0 N–H and O–H groups in total. The molecule has 2 aliphatic rings. The zero-order valence-electron chi connectivity index (χ0n) is 28.0. The van der Waals surface area contributed by atoms with Crippen molar-refractivity contribution in [1.29, 1.82) is 0 Å². The van der Waals surface area contributed by atoms with Crippen molar-refractivity contribution < 1.29 is 18.3 Å². The Labute approximate surface area is 302 Å². The van der Waals surface area contributed by atoms with Gasteiger partial charge < -0.3 is 18.3 Å². The van der Waals surface area contributed by atoms with Crippen LogP contribution in [0.3, 0.4) is 0 Å². The van der Waals surface area contributed by atoms with E-state index in [4.69, 9.17) is 18.3 Å². The van der Waals surface area contributed by atoms with Crippen molar-refractivity contribution in [3.05, 3.63) is 180 Å². The van der Waals surface area contributed by atoms with Gasteiger partial charge in [0.15, 0.2) is 0 Å². The molecule has 0 amide bonds. The van der Waals surface area contributed by atoms with Gasteiger partial charge in [0.25, 0.3) is 0 Å². The molecule has 6 heterocycles. The van der Waals surface area contributed by atoms with Crippen LogP contribution in [0, 0.1) is 0 Å². The van der Waals surface area contributed by atoms with Crippen molar-refractivity contribution in [2.24, 2.45) is 0 Å². The Kier molecular flexibility index (Phi) is 5.61. The zero-order chi connectivity index (χ0) is 34.7. The number of hydrogen-bond donors (Lipinski definition) is 0. The first-order valence-corrected chi connectivity index (χ1v) is 17.6. The predicted octanol–water partition coefficient (Wildman–Crippen LogP) is 12.2. The number of nitrogens with zero attached hydrogens (tertiary/aromatic N) is 2. The zero-order valence-corrected chi connectivity index (χ0v) is 28.0. The van der Waals surface area contributed by atoms with Gasteiger partial charge in [0, 0.05) is 56.2 Å². The summed E-state index contributed by atoms with van der Waals surface area (Å²) in [5, 5.41) is 4.04. The summed E-state index contributed by atoms with van der Waals surface area (Å²) < 4.78 is 26.0. The number of fused-ring (bicyclic) bond motifs is 14. The fraction of sp³-hybridized carbons (Fsp3) is 0.0213. The first-order chi connectivity index (χ1) is 26.3. The number of furan rings is 2. The second kappa shape index (κ2) is 10.4. The molecule has 53 heavy (non-hydrogen) atoms. The summed E-state index contributed by atoms with van der Waals surface area (Å²) in [5.41, 5.74) is 10.5. The Morgan fingerprint density at radius 2 is 0.868 bits per heavy atom. The van der Waals surface area contributed by atoms with Crippen LogP contribution >= 0.6 is 0 Å². The van der Waals surface area contributed by atoms with Crippen LogP contribution < -0.4 is 9.47 Å². The van der Waals surface area contributed by atoms with Crippen LogP contribution in [0.4, 0.5) is 0 Å². The number of benzene rings is 6. The third-order valence-electron chi connectivity index (χ3n) is 11.0. The van der Waals surface area contributed by atoms with E-state index in [2.05, 4.69) is 107 Å². The lowest BCUT2D eigenvalue weighted by Gasteiger charge is -2.45. The SMILES string of the molecule is c1ccc2c(c1)Oc1cc(-c3cccc4oc5ncccc5c34)ccc1C21c2ccccc2Oc2cc(-c3cccc4oc5ncccc5c34)ccc21. The minimum Gasteiger partial charge on any atom is -0.457 e. The smallest absolute Gasteiger partial charge is 0.227 e. The molecule has 6 heteroatoms. The molecule has 12 rings (SSSR count). The van der Waals surface area contributed by atoms with Crippen LogP contribution in [0.5, 0.6) is 23.0 Å². The van der Waals surface area contributed by atoms with Crippen molar-refractivity contribution in [2.75, 3.05) is 0 Å². The van der Waals surface area contributed by atoms with Gasteiger partial charge in [-0.25, -0.2) is 9.97 Å². The van der Waals surface area contributed by atoms with E-state index in [1.165, 1.54) is 0 Å². The van der Waals surface area contributed by atoms with Gasteiger partial charge in [-0.15, -0.1) is 0 Å². The molecule has 2 aliphatic heterocycles. The van der Waals surface area contributed by atoms with E-state index in [0.29, 0.717) is 11.4 Å². The number of para-hydroxylation sites is 2. The fourth-order valence-corrected chi connectivity index (χ4v) is 8.81. The van der Waals surface area contributed by atoms with Crippen molar-refractivity contribution in [3.8, 4) is 45.3 Å². The molecular weight excluding hydrogens is 657 g/mol. The summed E-state index contributed by atoms with van der Waals surface area (Å²) in [6.45, 7) is 0. The highest BCUT2D eigenvalue weighted by atomic mass is 16.5. The average Bonchev–Trinajstić information content (AvgIpc) is 3.79. The summed E-state index contributed by atoms with van der Waals surface area (Å²) in [7, 11) is 0. The second-order valence-corrected chi connectivity index (χ2v) is 13.6. The van der Waals surface area contributed by atoms with E-state index in [9.17, 15) is 0 Å². The molecule has 10 aromatic rings. The van der Waals surface area contributed by atoms with Gasteiger partial charge in [0.1, 0.15) is 34.2 Å². The maximum absolute atomic E-state index is 6.86. The first-order valence-electron chi connectivity index (χ1n) is 17.6. The third-order valence-corrected chi connectivity index (χ3v) is 11.0. The van der Waals surface area contributed by atoms with E-state index < -0.39 is 5.41 Å². The number of aromatic nitrogens is 2. The van der Waals surface area contributed by atoms with Crippen molar-refractivity contribution in [1.82, 2.24) is 9.97 Å². The van der Waals surface area contributed by atoms with E-state index in [1.54, 1.807) is 12.4 Å². The van der Waals surface area contributed by atoms with Crippen LogP contribution in [0.15, 0.2) is 167 Å². The minimum atomic E-state index is -0.720. The molecular formula is C47H26N2O4. The van der Waals surface area contributed by atoms with E-state index in [0.717, 1.165) is 100 Å². The van der Waals surface area contributed by atoms with Crippen LogP contribution in [-0.2, 0) is 5.41 Å². The summed E-state index contributed by atoms with van der Waals surface area (Å²) >= 11 is 0. The lowest BCUT2D eigenvalue weighted by molar-refractivity contribution is 0.399. The Morgan fingerprint density at radius 3 is 1.38 bits per heavy atom. The standard InChI is InChI=1S/C47H26N2O4/c1-3-15-37-33(13-1)47(35-21-19-27(25-41(35)50-37)29-9-5-17-39-43(29)31-11-7-23-48-45(31)52-39)34-14-2-4-16-38(34)51-42-26-28(20-22-36(42)47)30-10-6-18-40-44(30)32-12-8-24-49-46(32)53-40/h1-26H. The number of hydrogen-bond acceptors (Lipinski definition) is 6. The quantitative estimate of drug-likeness (QED) is 0.181. The van der Waals surface area contributed by atoms with Gasteiger partial charge in [-0.3, -0.25) is 0 Å². The van der Waals surface area contributed by atoms with Gasteiger partial charge >= 0.3 is 0 Å². The predicted molar refractivity (Wildman–Crippen MR) is 206 cm³/mol. The molecule has 0 fully saturated rings. The minimum absolute atomic E-state index is 0.626. The van der Waals surface area contributed by atoms with Crippen LogP contribution in [0.2, 0.25) is 0 Å². The van der Waals surface area contributed by atoms with Crippen molar-refractivity contribution in [3.63, 3.8) is 0 Å². The lowest BCUT2D eigenvalue weighted by atomic mass is 9.62. The summed E-state index contributed by atoms with van der Waals surface area (Å²) in [4.78, 5) is 8.98. The van der Waals surface area contributed by atoms with Crippen molar-refractivity contribution in [2.45, 2.75) is 5.41 Å². The van der Waals surface area contributed by atoms with E-state index >= 15 is 0 Å². The molecule has 0 atom stereocenters. The highest BCUT2D eigenvalue weighted by Crippen LogP contribution is 2.62. The molecule has 6 aromatic carbocycles. The summed E-state index contributed by atoms with van der Waals surface area (Å²) in [6.07, 6.45) is 3.52. The molecule has 4 aromatic heterocycles. The maximum atomic E-state index is 6.86. The third kappa shape index (κ3) is 3.81. The normalized spacial score (nSPS) is 13.7. The average molecular weight is 683 g/mol. The molecule has 6 nitrogen and oxygen atoms in total.